The molecule has 0 aromatic carbocycles. The molecule has 1 rings (SSSR count). The summed E-state index contributed by atoms with van der Waals surface area (Å²) in [6.45, 7) is 6.22. The second kappa shape index (κ2) is 4.32. The first-order valence-electron chi connectivity index (χ1n) is 4.84. The molecule has 76 valence electrons. The van der Waals surface area contributed by atoms with Crippen molar-refractivity contribution in [3.8, 4) is 0 Å². The molecule has 13 heavy (non-hydrogen) atoms. The van der Waals surface area contributed by atoms with Gasteiger partial charge in [-0.2, -0.15) is 0 Å². The molecule has 0 saturated carbocycles. The maximum atomic E-state index is 11.1. The fourth-order valence-electron chi connectivity index (χ4n) is 1.67. The van der Waals surface area contributed by atoms with E-state index in [4.69, 9.17) is 16.3 Å². The average molecular weight is 205 g/mol. The summed E-state index contributed by atoms with van der Waals surface area (Å²) in [6, 6.07) is 0. The Morgan fingerprint density at radius 3 is 2.77 bits per heavy atom. The number of rotatable bonds is 2. The Kier molecular flexibility index (Phi) is 3.60. The molecule has 0 spiro atoms. The highest BCUT2D eigenvalue weighted by Gasteiger charge is 2.34. The average Bonchev–Trinajstić information content (AvgIpc) is 1.98. The van der Waals surface area contributed by atoms with Crippen LogP contribution < -0.4 is 0 Å². The van der Waals surface area contributed by atoms with E-state index in [1.54, 1.807) is 0 Å². The van der Waals surface area contributed by atoms with E-state index in [2.05, 4.69) is 13.8 Å². The van der Waals surface area contributed by atoms with Gasteiger partial charge in [-0.3, -0.25) is 4.79 Å². The molecular weight excluding hydrogens is 188 g/mol. The van der Waals surface area contributed by atoms with E-state index in [-0.39, 0.29) is 23.4 Å². The number of cyclic esters (lactones) is 1. The standard InChI is InChI=1S/C10H17ClO2/c1-6(2)4-8-10(11)7(3)5-9(12)13-8/h6-8,10H,4-5H2,1-3H3/t7-,8-,10-/m0/s1. The largest absolute Gasteiger partial charge is 0.461 e. The Morgan fingerprint density at radius 1 is 1.62 bits per heavy atom. The zero-order chi connectivity index (χ0) is 10.0. The van der Waals surface area contributed by atoms with Gasteiger partial charge in [-0.05, 0) is 18.3 Å². The number of alkyl halides is 1. The Labute approximate surface area is 84.6 Å². The lowest BCUT2D eigenvalue weighted by atomic mass is 9.92. The molecule has 0 N–H and O–H groups in total. The number of ether oxygens (including phenoxy) is 1. The van der Waals surface area contributed by atoms with E-state index in [0.717, 1.165) is 6.42 Å². The van der Waals surface area contributed by atoms with Gasteiger partial charge in [-0.1, -0.05) is 20.8 Å². The Hall–Kier alpha value is -0.240. The van der Waals surface area contributed by atoms with E-state index in [1.807, 2.05) is 6.92 Å². The molecule has 0 amide bonds. The number of carbonyl (C=O) groups excluding carboxylic acids is 1. The number of halogens is 1. The fourth-order valence-corrected chi connectivity index (χ4v) is 1.91. The first-order valence-corrected chi connectivity index (χ1v) is 5.28. The zero-order valence-electron chi connectivity index (χ0n) is 8.42. The van der Waals surface area contributed by atoms with Crippen molar-refractivity contribution in [2.75, 3.05) is 0 Å². The Balaban J connectivity index is 2.55. The molecule has 0 aliphatic carbocycles. The molecule has 3 atom stereocenters. The molecule has 2 nitrogen and oxygen atoms in total. The topological polar surface area (TPSA) is 26.3 Å². The predicted octanol–water partition coefficient (Wildman–Crippen LogP) is 2.59. The molecule has 3 heteroatoms. The van der Waals surface area contributed by atoms with Gasteiger partial charge < -0.3 is 4.74 Å². The van der Waals surface area contributed by atoms with Crippen LogP contribution in [0.15, 0.2) is 0 Å². The molecule has 1 saturated heterocycles. The number of hydrogen-bond donors (Lipinski definition) is 0. The summed E-state index contributed by atoms with van der Waals surface area (Å²) < 4.78 is 5.21. The lowest BCUT2D eigenvalue weighted by molar-refractivity contribution is -0.156. The van der Waals surface area contributed by atoms with E-state index in [1.165, 1.54) is 0 Å². The number of esters is 1. The van der Waals surface area contributed by atoms with Crippen LogP contribution in [0.3, 0.4) is 0 Å². The van der Waals surface area contributed by atoms with E-state index < -0.39 is 0 Å². The van der Waals surface area contributed by atoms with Crippen LogP contribution in [0.25, 0.3) is 0 Å². The highest BCUT2D eigenvalue weighted by molar-refractivity contribution is 6.21. The van der Waals surface area contributed by atoms with Gasteiger partial charge in [0, 0.05) is 6.42 Å². The summed E-state index contributed by atoms with van der Waals surface area (Å²) in [5, 5.41) is -0.0138. The van der Waals surface area contributed by atoms with Crippen molar-refractivity contribution in [1.29, 1.82) is 0 Å². The minimum Gasteiger partial charge on any atom is -0.461 e. The van der Waals surface area contributed by atoms with Crippen molar-refractivity contribution < 1.29 is 9.53 Å². The molecule has 0 unspecified atom stereocenters. The maximum Gasteiger partial charge on any atom is 0.306 e. The minimum atomic E-state index is -0.102. The summed E-state index contributed by atoms with van der Waals surface area (Å²) >= 11 is 6.17. The van der Waals surface area contributed by atoms with Crippen molar-refractivity contribution >= 4 is 17.6 Å². The van der Waals surface area contributed by atoms with Crippen LogP contribution in [-0.2, 0) is 9.53 Å². The van der Waals surface area contributed by atoms with Gasteiger partial charge in [0.15, 0.2) is 0 Å². The second-order valence-electron chi connectivity index (χ2n) is 4.28. The summed E-state index contributed by atoms with van der Waals surface area (Å²) in [5.41, 5.74) is 0. The normalized spacial score (nSPS) is 34.8. The van der Waals surface area contributed by atoms with Gasteiger partial charge in [0.1, 0.15) is 6.10 Å². The molecule has 0 bridgehead atoms. The SMILES string of the molecule is CC(C)C[C@@H]1OC(=O)C[C@H](C)[C@@H]1Cl. The third-order valence-electron chi connectivity index (χ3n) is 2.37. The van der Waals surface area contributed by atoms with Crippen molar-refractivity contribution in [2.45, 2.75) is 45.1 Å². The lowest BCUT2D eigenvalue weighted by Crippen LogP contribution is -2.39. The predicted molar refractivity (Wildman–Crippen MR) is 52.8 cm³/mol. The number of hydrogen-bond acceptors (Lipinski definition) is 2. The molecule has 1 fully saturated rings. The maximum absolute atomic E-state index is 11.1. The number of carbonyl (C=O) groups is 1. The van der Waals surface area contributed by atoms with Crippen LogP contribution in [0.4, 0.5) is 0 Å². The Bertz CT molecular complexity index is 191. The lowest BCUT2D eigenvalue weighted by Gasteiger charge is -2.32. The van der Waals surface area contributed by atoms with Crippen LogP contribution in [0.2, 0.25) is 0 Å². The highest BCUT2D eigenvalue weighted by atomic mass is 35.5. The Morgan fingerprint density at radius 2 is 2.23 bits per heavy atom. The van der Waals surface area contributed by atoms with Crippen LogP contribution in [0.1, 0.15) is 33.6 Å². The summed E-state index contributed by atoms with van der Waals surface area (Å²) in [4.78, 5) is 11.1. The summed E-state index contributed by atoms with van der Waals surface area (Å²) in [6.07, 6.45) is 1.24. The van der Waals surface area contributed by atoms with Crippen LogP contribution in [-0.4, -0.2) is 17.5 Å². The molecule has 1 aliphatic rings. The first kappa shape index (κ1) is 10.8. The van der Waals surface area contributed by atoms with Gasteiger partial charge in [-0.15, -0.1) is 11.6 Å². The van der Waals surface area contributed by atoms with E-state index in [0.29, 0.717) is 12.3 Å². The van der Waals surface area contributed by atoms with Gasteiger partial charge in [0.2, 0.25) is 0 Å². The zero-order valence-corrected chi connectivity index (χ0v) is 9.17. The first-order chi connectivity index (χ1) is 6.00. The van der Waals surface area contributed by atoms with Gasteiger partial charge in [0.05, 0.1) is 5.38 Å². The smallest absolute Gasteiger partial charge is 0.306 e. The van der Waals surface area contributed by atoms with Crippen molar-refractivity contribution in [2.24, 2.45) is 11.8 Å². The van der Waals surface area contributed by atoms with E-state index >= 15 is 0 Å². The van der Waals surface area contributed by atoms with Crippen molar-refractivity contribution in [1.82, 2.24) is 0 Å². The molecule has 0 aromatic heterocycles. The molecule has 0 aromatic rings. The van der Waals surface area contributed by atoms with E-state index in [9.17, 15) is 4.79 Å². The highest BCUT2D eigenvalue weighted by Crippen LogP contribution is 2.29. The third-order valence-corrected chi connectivity index (χ3v) is 3.09. The second-order valence-corrected chi connectivity index (χ2v) is 4.79. The molecule has 1 aliphatic heterocycles. The minimum absolute atomic E-state index is 0.0138. The fraction of sp³-hybridized carbons (Fsp3) is 0.900. The van der Waals surface area contributed by atoms with Crippen molar-refractivity contribution in [3.63, 3.8) is 0 Å². The van der Waals surface area contributed by atoms with Crippen molar-refractivity contribution in [3.05, 3.63) is 0 Å². The van der Waals surface area contributed by atoms with Crippen LogP contribution in [0.5, 0.6) is 0 Å². The van der Waals surface area contributed by atoms with Crippen LogP contribution in [0, 0.1) is 11.8 Å². The molecular formula is C10H17ClO2. The van der Waals surface area contributed by atoms with Crippen LogP contribution >= 0.6 is 11.6 Å². The summed E-state index contributed by atoms with van der Waals surface area (Å²) in [5.74, 6) is 0.658. The third kappa shape index (κ3) is 2.87. The summed E-state index contributed by atoms with van der Waals surface area (Å²) in [7, 11) is 0. The quantitative estimate of drug-likeness (QED) is 0.511. The monoisotopic (exact) mass is 204 g/mol. The van der Waals surface area contributed by atoms with Gasteiger partial charge in [-0.25, -0.2) is 0 Å². The molecule has 1 heterocycles. The van der Waals surface area contributed by atoms with Gasteiger partial charge in [0.25, 0.3) is 0 Å². The molecule has 0 radical (unpaired) electrons. The van der Waals surface area contributed by atoms with Gasteiger partial charge >= 0.3 is 5.97 Å².